The minimum Gasteiger partial charge on any atom is -0.345 e. The first-order chi connectivity index (χ1) is 7.91. The molecule has 1 aliphatic rings. The van der Waals surface area contributed by atoms with Gasteiger partial charge in [0, 0.05) is 25.6 Å². The van der Waals surface area contributed by atoms with Gasteiger partial charge in [-0.2, -0.15) is 0 Å². The predicted octanol–water partition coefficient (Wildman–Crippen LogP) is 2.25. The van der Waals surface area contributed by atoms with E-state index in [-0.39, 0.29) is 11.8 Å². The topological polar surface area (TPSA) is 46.3 Å². The molecule has 1 saturated carbocycles. The van der Waals surface area contributed by atoms with Gasteiger partial charge in [0.15, 0.2) is 0 Å². The zero-order chi connectivity index (χ0) is 13.0. The van der Waals surface area contributed by atoms with Crippen molar-refractivity contribution in [1.82, 2.24) is 4.90 Å². The van der Waals surface area contributed by atoms with Crippen molar-refractivity contribution in [3.63, 3.8) is 0 Å². The average Bonchev–Trinajstić information content (AvgIpc) is 2.26. The van der Waals surface area contributed by atoms with E-state index in [1.165, 1.54) is 6.42 Å². The van der Waals surface area contributed by atoms with Gasteiger partial charge in [0.1, 0.15) is 0 Å². The molecule has 1 fully saturated rings. The molecule has 3 nitrogen and oxygen atoms in total. The van der Waals surface area contributed by atoms with Gasteiger partial charge in [-0.1, -0.05) is 27.2 Å². The van der Waals surface area contributed by atoms with Crippen LogP contribution in [0.15, 0.2) is 0 Å². The van der Waals surface area contributed by atoms with Crippen LogP contribution >= 0.6 is 0 Å². The van der Waals surface area contributed by atoms with Crippen molar-refractivity contribution in [3.8, 4) is 0 Å². The summed E-state index contributed by atoms with van der Waals surface area (Å²) in [5.74, 6) is 1.44. The quantitative estimate of drug-likeness (QED) is 0.819. The SMILES string of the molecule is CC(C)CN(C)C(=O)C(C)C1CCCC(N)C1. The molecule has 0 aromatic heterocycles. The van der Waals surface area contributed by atoms with E-state index in [1.807, 2.05) is 11.9 Å². The summed E-state index contributed by atoms with van der Waals surface area (Å²) in [6.45, 7) is 7.21. The Morgan fingerprint density at radius 1 is 1.35 bits per heavy atom. The second kappa shape index (κ2) is 6.39. The number of nitrogens with zero attached hydrogens (tertiary/aromatic N) is 1. The van der Waals surface area contributed by atoms with E-state index in [2.05, 4.69) is 20.8 Å². The fourth-order valence-corrected chi connectivity index (χ4v) is 2.91. The van der Waals surface area contributed by atoms with E-state index in [4.69, 9.17) is 5.73 Å². The van der Waals surface area contributed by atoms with Crippen molar-refractivity contribution in [3.05, 3.63) is 0 Å². The predicted molar refractivity (Wildman–Crippen MR) is 71.6 cm³/mol. The maximum atomic E-state index is 12.3. The molecule has 0 aromatic rings. The van der Waals surface area contributed by atoms with E-state index in [0.29, 0.717) is 17.9 Å². The van der Waals surface area contributed by atoms with Crippen LogP contribution < -0.4 is 5.73 Å². The lowest BCUT2D eigenvalue weighted by atomic mass is 9.78. The Balaban J connectivity index is 2.50. The number of nitrogens with two attached hydrogens (primary N) is 1. The van der Waals surface area contributed by atoms with Crippen molar-refractivity contribution in [2.45, 2.75) is 52.5 Å². The Bertz CT molecular complexity index is 253. The lowest BCUT2D eigenvalue weighted by Gasteiger charge is -2.33. The van der Waals surface area contributed by atoms with Gasteiger partial charge in [0.2, 0.25) is 5.91 Å². The third kappa shape index (κ3) is 4.30. The molecule has 3 heteroatoms. The summed E-state index contributed by atoms with van der Waals surface area (Å²) < 4.78 is 0. The highest BCUT2D eigenvalue weighted by Gasteiger charge is 2.30. The Hall–Kier alpha value is -0.570. The smallest absolute Gasteiger partial charge is 0.225 e. The van der Waals surface area contributed by atoms with Gasteiger partial charge in [-0.05, 0) is 31.1 Å². The van der Waals surface area contributed by atoms with Gasteiger partial charge >= 0.3 is 0 Å². The molecule has 3 unspecified atom stereocenters. The summed E-state index contributed by atoms with van der Waals surface area (Å²) in [4.78, 5) is 14.2. The fraction of sp³-hybridized carbons (Fsp3) is 0.929. The minimum absolute atomic E-state index is 0.130. The summed E-state index contributed by atoms with van der Waals surface area (Å²) in [5, 5.41) is 0. The van der Waals surface area contributed by atoms with Crippen molar-refractivity contribution in [2.24, 2.45) is 23.5 Å². The molecule has 0 heterocycles. The number of hydrogen-bond donors (Lipinski definition) is 1. The number of amides is 1. The van der Waals surface area contributed by atoms with E-state index < -0.39 is 0 Å². The normalized spacial score (nSPS) is 26.9. The van der Waals surface area contributed by atoms with E-state index in [0.717, 1.165) is 25.8 Å². The summed E-state index contributed by atoms with van der Waals surface area (Å²) in [6, 6.07) is 0.305. The first-order valence-corrected chi connectivity index (χ1v) is 6.92. The first-order valence-electron chi connectivity index (χ1n) is 6.92. The molecule has 0 bridgehead atoms. The van der Waals surface area contributed by atoms with Gasteiger partial charge in [0.25, 0.3) is 0 Å². The van der Waals surface area contributed by atoms with Gasteiger partial charge in [-0.25, -0.2) is 0 Å². The van der Waals surface area contributed by atoms with Gasteiger partial charge in [-0.15, -0.1) is 0 Å². The minimum atomic E-state index is 0.130. The van der Waals surface area contributed by atoms with E-state index in [1.54, 1.807) is 0 Å². The summed E-state index contributed by atoms with van der Waals surface area (Å²) in [6.07, 6.45) is 4.48. The second-order valence-electron chi connectivity index (χ2n) is 6.09. The Morgan fingerprint density at radius 3 is 2.53 bits per heavy atom. The van der Waals surface area contributed by atoms with Crippen molar-refractivity contribution >= 4 is 5.91 Å². The van der Waals surface area contributed by atoms with E-state index >= 15 is 0 Å². The number of carbonyl (C=O) groups excluding carboxylic acids is 1. The molecule has 0 spiro atoms. The number of carbonyl (C=O) groups is 1. The lowest BCUT2D eigenvalue weighted by molar-refractivity contribution is -0.136. The third-order valence-corrected chi connectivity index (χ3v) is 3.87. The van der Waals surface area contributed by atoms with Crippen LogP contribution in [0.4, 0.5) is 0 Å². The summed E-state index contributed by atoms with van der Waals surface area (Å²) >= 11 is 0. The zero-order valence-corrected chi connectivity index (χ0v) is 11.8. The van der Waals surface area contributed by atoms with Crippen LogP contribution in [0.1, 0.15) is 46.5 Å². The maximum absolute atomic E-state index is 12.3. The molecule has 0 radical (unpaired) electrons. The van der Waals surface area contributed by atoms with Crippen molar-refractivity contribution in [2.75, 3.05) is 13.6 Å². The average molecular weight is 240 g/mol. The van der Waals surface area contributed by atoms with Crippen LogP contribution in [-0.2, 0) is 4.79 Å². The number of rotatable bonds is 4. The molecule has 17 heavy (non-hydrogen) atoms. The summed E-state index contributed by atoms with van der Waals surface area (Å²) in [7, 11) is 1.92. The molecule has 0 saturated heterocycles. The molecule has 1 aliphatic carbocycles. The Kier molecular flexibility index (Phi) is 5.44. The third-order valence-electron chi connectivity index (χ3n) is 3.87. The van der Waals surface area contributed by atoms with Crippen LogP contribution in [0.5, 0.6) is 0 Å². The zero-order valence-electron chi connectivity index (χ0n) is 11.8. The monoisotopic (exact) mass is 240 g/mol. The van der Waals surface area contributed by atoms with Gasteiger partial charge in [0.05, 0.1) is 0 Å². The highest BCUT2D eigenvalue weighted by molar-refractivity contribution is 5.78. The highest BCUT2D eigenvalue weighted by Crippen LogP contribution is 2.30. The largest absolute Gasteiger partial charge is 0.345 e. The van der Waals surface area contributed by atoms with Crippen molar-refractivity contribution < 1.29 is 4.79 Å². The molecule has 0 aliphatic heterocycles. The molecule has 0 aromatic carbocycles. The molecular formula is C14H28N2O. The van der Waals surface area contributed by atoms with Gasteiger partial charge < -0.3 is 10.6 Å². The lowest BCUT2D eigenvalue weighted by Crippen LogP contribution is -2.40. The standard InChI is InChI=1S/C14H28N2O/c1-10(2)9-16(4)14(17)11(3)12-6-5-7-13(15)8-12/h10-13H,5-9,15H2,1-4H3. The molecule has 1 amide bonds. The van der Waals surface area contributed by atoms with Crippen LogP contribution in [0, 0.1) is 17.8 Å². The van der Waals surface area contributed by atoms with Crippen LogP contribution in [0.3, 0.4) is 0 Å². The van der Waals surface area contributed by atoms with Crippen molar-refractivity contribution in [1.29, 1.82) is 0 Å². The molecular weight excluding hydrogens is 212 g/mol. The first kappa shape index (κ1) is 14.5. The molecule has 3 atom stereocenters. The Labute approximate surface area is 106 Å². The maximum Gasteiger partial charge on any atom is 0.225 e. The van der Waals surface area contributed by atoms with Gasteiger partial charge in [-0.3, -0.25) is 4.79 Å². The Morgan fingerprint density at radius 2 is 2.00 bits per heavy atom. The van der Waals surface area contributed by atoms with Crippen LogP contribution in [-0.4, -0.2) is 30.4 Å². The molecule has 1 rings (SSSR count). The van der Waals surface area contributed by atoms with E-state index in [9.17, 15) is 4.79 Å². The summed E-state index contributed by atoms with van der Waals surface area (Å²) in [5.41, 5.74) is 6.00. The number of hydrogen-bond acceptors (Lipinski definition) is 2. The highest BCUT2D eigenvalue weighted by atomic mass is 16.2. The molecule has 100 valence electrons. The second-order valence-corrected chi connectivity index (χ2v) is 6.09. The fourth-order valence-electron chi connectivity index (χ4n) is 2.91. The van der Waals surface area contributed by atoms with Crippen LogP contribution in [0.2, 0.25) is 0 Å². The van der Waals surface area contributed by atoms with Crippen LogP contribution in [0.25, 0.3) is 0 Å². The molecule has 2 N–H and O–H groups in total.